The number of para-hydroxylation sites is 1. The Morgan fingerprint density at radius 2 is 1.39 bits per heavy atom. The summed E-state index contributed by atoms with van der Waals surface area (Å²) in [4.78, 5) is 9.02. The first-order chi connectivity index (χ1) is 15.7. The maximum absolute atomic E-state index is 14.9. The fraction of sp³-hybridized carbons (Fsp3) is 0. The number of hydrogen-bond acceptors (Lipinski definition) is 4. The van der Waals surface area contributed by atoms with E-state index in [0.717, 1.165) is 57.7 Å². The van der Waals surface area contributed by atoms with Crippen LogP contribution < -0.4 is 15.9 Å². The molecule has 0 aliphatic carbocycles. The van der Waals surface area contributed by atoms with Gasteiger partial charge in [0.2, 0.25) is 0 Å². The largest absolute Gasteiger partial charge is 0.318 e. The predicted molar refractivity (Wildman–Crippen MR) is 134 cm³/mol. The number of rotatable bonds is 1. The Bertz CT molecular complexity index is 1560. The average Bonchev–Trinajstić information content (AvgIpc) is 2.84. The van der Waals surface area contributed by atoms with Crippen LogP contribution >= 0.6 is 30.7 Å². The molecular weight excluding hydrogens is 642 g/mol. The van der Waals surface area contributed by atoms with Crippen molar-refractivity contribution in [3.63, 3.8) is 0 Å². The second-order valence-corrected chi connectivity index (χ2v) is 12.6. The molecule has 5 aromatic rings. The van der Waals surface area contributed by atoms with Gasteiger partial charge in [-0.1, -0.05) is 76.5 Å². The quantitative estimate of drug-likeness (QED) is 0.154. The number of pyridine rings is 1. The zero-order chi connectivity index (χ0) is 21.3. The minimum absolute atomic E-state index is 0. The van der Waals surface area contributed by atoms with Crippen molar-refractivity contribution in [2.45, 2.75) is 19.6 Å². The molecule has 1 unspecified atom stereocenters. The zero-order valence-electron chi connectivity index (χ0n) is 17.1. The van der Waals surface area contributed by atoms with Crippen molar-refractivity contribution in [2.24, 2.45) is 0 Å². The molecule has 2 nitrogen and oxygen atoms in total. The molecular formula is C27H15IrNOPS2-. The molecule has 0 saturated carbocycles. The second kappa shape index (κ2) is 7.98. The monoisotopic (exact) mass is 657 g/mol. The smallest absolute Gasteiger partial charge is 0.139 e. The van der Waals surface area contributed by atoms with Crippen LogP contribution in [0.1, 0.15) is 0 Å². The van der Waals surface area contributed by atoms with Gasteiger partial charge in [0, 0.05) is 40.5 Å². The molecule has 6 heteroatoms. The number of aromatic nitrogens is 1. The average molecular weight is 657 g/mol. The fourth-order valence-electron chi connectivity index (χ4n) is 4.54. The standard InChI is InChI=1S/C27H15NOPS2.Ir/c29-30-21-9-3-5-11-23(21)31-25-15-18(20-14-13-17-7-1-2-8-19(17)28-20)16-26(27(25)30)32-24-12-6-4-10-22(24)30;/h1-15H;/q-1;. The van der Waals surface area contributed by atoms with Gasteiger partial charge in [-0.3, -0.25) is 4.98 Å². The van der Waals surface area contributed by atoms with Crippen LogP contribution in [0, 0.1) is 6.07 Å². The first-order valence-electron chi connectivity index (χ1n) is 10.3. The molecule has 1 atom stereocenters. The molecule has 161 valence electrons. The van der Waals surface area contributed by atoms with Gasteiger partial charge in [-0.2, -0.15) is 0 Å². The van der Waals surface area contributed by atoms with E-state index in [2.05, 4.69) is 42.5 Å². The van der Waals surface area contributed by atoms with Gasteiger partial charge in [0.1, 0.15) is 7.14 Å². The van der Waals surface area contributed by atoms with Gasteiger partial charge in [0.25, 0.3) is 0 Å². The number of fused-ring (bicyclic) bond motifs is 5. The van der Waals surface area contributed by atoms with Crippen LogP contribution in [-0.4, -0.2) is 4.98 Å². The third kappa shape index (κ3) is 3.15. The SMILES string of the molecule is O=P12c3ccccc3Sc3[c-]c(-c4ccc5ccccc5n4)cc(c31)Sc1ccccc12.[Ir]. The van der Waals surface area contributed by atoms with Crippen LogP contribution in [0.5, 0.6) is 0 Å². The summed E-state index contributed by atoms with van der Waals surface area (Å²) in [5, 5.41) is 3.94. The van der Waals surface area contributed by atoms with Crippen molar-refractivity contribution >= 4 is 57.5 Å². The van der Waals surface area contributed by atoms with Crippen LogP contribution in [0.3, 0.4) is 0 Å². The van der Waals surface area contributed by atoms with E-state index >= 15 is 0 Å². The molecule has 2 aliphatic heterocycles. The summed E-state index contributed by atoms with van der Waals surface area (Å²) in [6.45, 7) is 0. The van der Waals surface area contributed by atoms with Gasteiger partial charge < -0.3 is 4.57 Å². The molecule has 1 radical (unpaired) electrons. The summed E-state index contributed by atoms with van der Waals surface area (Å²) in [7, 11) is -2.96. The summed E-state index contributed by atoms with van der Waals surface area (Å²) in [5.74, 6) is 0. The molecule has 2 aliphatic rings. The van der Waals surface area contributed by atoms with Crippen LogP contribution in [0.4, 0.5) is 0 Å². The molecule has 1 aromatic heterocycles. The van der Waals surface area contributed by atoms with Crippen molar-refractivity contribution in [1.29, 1.82) is 0 Å². The fourth-order valence-corrected chi connectivity index (χ4v) is 11.4. The molecule has 0 bridgehead atoms. The Labute approximate surface area is 214 Å². The van der Waals surface area contributed by atoms with E-state index in [4.69, 9.17) is 4.98 Å². The van der Waals surface area contributed by atoms with E-state index in [0.29, 0.717) is 0 Å². The molecule has 0 fully saturated rings. The molecule has 0 spiro atoms. The number of nitrogens with zero attached hydrogens (tertiary/aromatic N) is 1. The summed E-state index contributed by atoms with van der Waals surface area (Å²) in [6.07, 6.45) is 0. The second-order valence-electron chi connectivity index (χ2n) is 7.86. The molecule has 3 heterocycles. The van der Waals surface area contributed by atoms with E-state index in [1.807, 2.05) is 54.6 Å². The van der Waals surface area contributed by atoms with Crippen LogP contribution in [0.25, 0.3) is 22.2 Å². The first kappa shape index (κ1) is 21.4. The zero-order valence-corrected chi connectivity index (χ0v) is 22.0. The van der Waals surface area contributed by atoms with Crippen LogP contribution in [0.2, 0.25) is 0 Å². The van der Waals surface area contributed by atoms with E-state index in [1.54, 1.807) is 23.5 Å². The summed E-state index contributed by atoms with van der Waals surface area (Å²) >= 11 is 3.37. The van der Waals surface area contributed by atoms with Gasteiger partial charge in [-0.15, -0.1) is 41.2 Å². The van der Waals surface area contributed by atoms with Crippen molar-refractivity contribution < 1.29 is 24.7 Å². The molecule has 0 N–H and O–H groups in total. The van der Waals surface area contributed by atoms with Crippen molar-refractivity contribution in [2.75, 3.05) is 0 Å². The van der Waals surface area contributed by atoms with E-state index in [1.165, 1.54) is 0 Å². The van der Waals surface area contributed by atoms with E-state index < -0.39 is 7.14 Å². The van der Waals surface area contributed by atoms with E-state index in [9.17, 15) is 4.57 Å². The third-order valence-corrected chi connectivity index (χ3v) is 12.0. The summed E-state index contributed by atoms with van der Waals surface area (Å²) < 4.78 is 14.9. The molecule has 33 heavy (non-hydrogen) atoms. The Hall–Kier alpha value is -2.13. The maximum atomic E-state index is 14.9. The topological polar surface area (TPSA) is 30.0 Å². The van der Waals surface area contributed by atoms with Crippen LogP contribution in [0.15, 0.2) is 111 Å². The molecule has 0 amide bonds. The van der Waals surface area contributed by atoms with Crippen LogP contribution in [-0.2, 0) is 24.7 Å². The maximum Gasteiger partial charge on any atom is 0.139 e. The first-order valence-corrected chi connectivity index (χ1v) is 13.7. The third-order valence-electron chi connectivity index (χ3n) is 6.00. The molecule has 7 rings (SSSR count). The Kier molecular flexibility index (Phi) is 5.17. The van der Waals surface area contributed by atoms with Crippen molar-refractivity contribution in [3.8, 4) is 11.3 Å². The molecule has 0 saturated heterocycles. The van der Waals surface area contributed by atoms with Gasteiger partial charge in [-0.25, -0.2) is 0 Å². The minimum Gasteiger partial charge on any atom is -0.318 e. The summed E-state index contributed by atoms with van der Waals surface area (Å²) in [6, 6.07) is 34.2. The number of hydrogen-bond donors (Lipinski definition) is 0. The summed E-state index contributed by atoms with van der Waals surface area (Å²) in [5.41, 5.74) is 2.79. The van der Waals surface area contributed by atoms with Gasteiger partial charge in [-0.05, 0) is 34.6 Å². The number of benzene rings is 4. The van der Waals surface area contributed by atoms with Gasteiger partial charge >= 0.3 is 0 Å². The van der Waals surface area contributed by atoms with Crippen molar-refractivity contribution in [1.82, 2.24) is 4.98 Å². The predicted octanol–water partition coefficient (Wildman–Crippen LogP) is 6.27. The Balaban J connectivity index is 0.00000206. The van der Waals surface area contributed by atoms with Gasteiger partial charge in [0.15, 0.2) is 0 Å². The molecule has 4 aromatic carbocycles. The normalized spacial score (nSPS) is 17.5. The Morgan fingerprint density at radius 3 is 2.18 bits per heavy atom. The Morgan fingerprint density at radius 1 is 0.727 bits per heavy atom. The van der Waals surface area contributed by atoms with Gasteiger partial charge in [0.05, 0.1) is 5.52 Å². The minimum atomic E-state index is -2.96. The van der Waals surface area contributed by atoms with Crippen molar-refractivity contribution in [3.05, 3.63) is 97.1 Å². The van der Waals surface area contributed by atoms with E-state index in [-0.39, 0.29) is 20.1 Å².